The topological polar surface area (TPSA) is 50.2 Å². The Morgan fingerprint density at radius 2 is 2.04 bits per heavy atom. The Kier molecular flexibility index (Phi) is 6.02. The zero-order valence-corrected chi connectivity index (χ0v) is 16.3. The molecule has 1 amide bonds. The van der Waals surface area contributed by atoms with E-state index >= 15 is 0 Å². The highest BCUT2D eigenvalue weighted by Crippen LogP contribution is 2.19. The molecule has 28 heavy (non-hydrogen) atoms. The number of likely N-dealkylation sites (tertiary alicyclic amines) is 1. The molecule has 0 saturated carbocycles. The van der Waals surface area contributed by atoms with Crippen molar-refractivity contribution in [1.82, 2.24) is 19.8 Å². The van der Waals surface area contributed by atoms with Crippen LogP contribution in [-0.4, -0.2) is 46.5 Å². The van der Waals surface area contributed by atoms with Crippen molar-refractivity contribution in [2.24, 2.45) is 5.92 Å². The Labute approximate surface area is 166 Å². The molecule has 1 fully saturated rings. The van der Waals surface area contributed by atoms with E-state index in [9.17, 15) is 4.79 Å². The molecule has 1 saturated heterocycles. The molecule has 4 rings (SSSR count). The first kappa shape index (κ1) is 18.7. The van der Waals surface area contributed by atoms with Gasteiger partial charge in [0.2, 0.25) is 0 Å². The molecule has 0 spiro atoms. The SMILES string of the molecule is O=C(NCC1CCCN(CCCn2ccnc2)C1)c1cccc2ccccc12. The van der Waals surface area contributed by atoms with E-state index in [4.69, 9.17) is 0 Å². The van der Waals surface area contributed by atoms with Crippen molar-refractivity contribution in [3.63, 3.8) is 0 Å². The summed E-state index contributed by atoms with van der Waals surface area (Å²) < 4.78 is 2.13. The van der Waals surface area contributed by atoms with Gasteiger partial charge < -0.3 is 14.8 Å². The lowest BCUT2D eigenvalue weighted by molar-refractivity contribution is 0.0933. The average molecular weight is 377 g/mol. The molecule has 2 heterocycles. The van der Waals surface area contributed by atoms with Crippen LogP contribution in [-0.2, 0) is 6.54 Å². The largest absolute Gasteiger partial charge is 0.352 e. The van der Waals surface area contributed by atoms with Crippen molar-refractivity contribution in [3.05, 3.63) is 66.7 Å². The number of hydrogen-bond acceptors (Lipinski definition) is 3. The lowest BCUT2D eigenvalue weighted by Gasteiger charge is -2.32. The number of imidazole rings is 1. The fourth-order valence-corrected chi connectivity index (χ4v) is 4.17. The van der Waals surface area contributed by atoms with Crippen LogP contribution in [0, 0.1) is 5.92 Å². The number of carbonyl (C=O) groups excluding carboxylic acids is 1. The Hall–Kier alpha value is -2.66. The maximum atomic E-state index is 12.8. The standard InChI is InChI=1S/C23H28N4O/c28-23(22-10-3-8-20-7-1-2-9-21(20)22)25-16-19-6-4-12-26(17-19)13-5-14-27-15-11-24-18-27/h1-3,7-11,15,18-19H,4-6,12-14,16-17H2,(H,25,28). The number of hydrogen-bond donors (Lipinski definition) is 1. The second-order valence-electron chi connectivity index (χ2n) is 7.70. The number of nitrogens with one attached hydrogen (secondary N) is 1. The second-order valence-corrected chi connectivity index (χ2v) is 7.70. The van der Waals surface area contributed by atoms with Crippen molar-refractivity contribution < 1.29 is 4.79 Å². The first-order valence-electron chi connectivity index (χ1n) is 10.2. The summed E-state index contributed by atoms with van der Waals surface area (Å²) >= 11 is 0. The molecule has 146 valence electrons. The van der Waals surface area contributed by atoms with Gasteiger partial charge in [0.1, 0.15) is 0 Å². The normalized spacial score (nSPS) is 17.6. The predicted octanol–water partition coefficient (Wildman–Crippen LogP) is 3.57. The van der Waals surface area contributed by atoms with Crippen molar-refractivity contribution in [2.45, 2.75) is 25.8 Å². The minimum Gasteiger partial charge on any atom is -0.352 e. The third-order valence-electron chi connectivity index (χ3n) is 5.64. The van der Waals surface area contributed by atoms with Gasteiger partial charge in [0.25, 0.3) is 5.91 Å². The number of amides is 1. The van der Waals surface area contributed by atoms with Crippen molar-refractivity contribution in [1.29, 1.82) is 0 Å². The van der Waals surface area contributed by atoms with Crippen LogP contribution < -0.4 is 5.32 Å². The molecule has 3 aromatic rings. The van der Waals surface area contributed by atoms with E-state index in [2.05, 4.69) is 31.9 Å². The van der Waals surface area contributed by atoms with E-state index in [0.717, 1.165) is 55.5 Å². The van der Waals surface area contributed by atoms with E-state index in [-0.39, 0.29) is 5.91 Å². The molecule has 0 bridgehead atoms. The Balaban J connectivity index is 1.27. The van der Waals surface area contributed by atoms with Crippen molar-refractivity contribution in [3.8, 4) is 0 Å². The van der Waals surface area contributed by atoms with Gasteiger partial charge in [-0.25, -0.2) is 4.98 Å². The van der Waals surface area contributed by atoms with E-state index in [1.165, 1.54) is 12.8 Å². The van der Waals surface area contributed by atoms with Gasteiger partial charge in [-0.05, 0) is 55.1 Å². The highest BCUT2D eigenvalue weighted by atomic mass is 16.1. The predicted molar refractivity (Wildman–Crippen MR) is 112 cm³/mol. The molecule has 5 nitrogen and oxygen atoms in total. The maximum absolute atomic E-state index is 12.8. The number of benzene rings is 2. The first-order valence-corrected chi connectivity index (χ1v) is 10.2. The van der Waals surface area contributed by atoms with Gasteiger partial charge in [0.15, 0.2) is 0 Å². The number of rotatable bonds is 7. The molecule has 1 atom stereocenters. The molecule has 2 aromatic carbocycles. The summed E-state index contributed by atoms with van der Waals surface area (Å²) in [5.41, 5.74) is 0.770. The number of nitrogens with zero attached hydrogens (tertiary/aromatic N) is 3. The summed E-state index contributed by atoms with van der Waals surface area (Å²) in [7, 11) is 0. The van der Waals surface area contributed by atoms with Gasteiger partial charge in [0, 0.05) is 37.6 Å². The van der Waals surface area contributed by atoms with Crippen molar-refractivity contribution >= 4 is 16.7 Å². The number of carbonyl (C=O) groups is 1. The highest BCUT2D eigenvalue weighted by Gasteiger charge is 2.20. The van der Waals surface area contributed by atoms with Crippen LogP contribution in [0.15, 0.2) is 61.2 Å². The van der Waals surface area contributed by atoms with Crippen LogP contribution in [0.4, 0.5) is 0 Å². The number of piperidine rings is 1. The second kappa shape index (κ2) is 9.02. The summed E-state index contributed by atoms with van der Waals surface area (Å²) in [5, 5.41) is 5.31. The quantitative estimate of drug-likeness (QED) is 0.686. The van der Waals surface area contributed by atoms with E-state index in [1.54, 1.807) is 0 Å². The van der Waals surface area contributed by atoms with Crippen LogP contribution in [0.5, 0.6) is 0 Å². The van der Waals surface area contributed by atoms with Gasteiger partial charge in [-0.15, -0.1) is 0 Å². The van der Waals surface area contributed by atoms with E-state index in [1.807, 2.05) is 49.1 Å². The van der Waals surface area contributed by atoms with Gasteiger partial charge in [-0.2, -0.15) is 0 Å². The molecule has 1 unspecified atom stereocenters. The zero-order valence-electron chi connectivity index (χ0n) is 16.3. The van der Waals surface area contributed by atoms with E-state index < -0.39 is 0 Å². The summed E-state index contributed by atoms with van der Waals surface area (Å²) in [6.45, 7) is 5.10. The van der Waals surface area contributed by atoms with Crippen LogP contribution in [0.1, 0.15) is 29.6 Å². The summed E-state index contributed by atoms with van der Waals surface area (Å²) in [4.78, 5) is 19.4. The molecular formula is C23H28N4O. The van der Waals surface area contributed by atoms with Gasteiger partial charge in [-0.1, -0.05) is 36.4 Å². The maximum Gasteiger partial charge on any atom is 0.251 e. The lowest BCUT2D eigenvalue weighted by atomic mass is 9.97. The molecule has 0 radical (unpaired) electrons. The van der Waals surface area contributed by atoms with Crippen LogP contribution >= 0.6 is 0 Å². The minimum atomic E-state index is 0.0361. The molecule has 1 aromatic heterocycles. The molecule has 1 aliphatic heterocycles. The van der Waals surface area contributed by atoms with Gasteiger partial charge in [-0.3, -0.25) is 4.79 Å². The lowest BCUT2D eigenvalue weighted by Crippen LogP contribution is -2.41. The third-order valence-corrected chi connectivity index (χ3v) is 5.64. The fourth-order valence-electron chi connectivity index (χ4n) is 4.17. The Bertz CT molecular complexity index is 901. The summed E-state index contributed by atoms with van der Waals surface area (Å²) in [6.07, 6.45) is 9.25. The molecule has 5 heteroatoms. The van der Waals surface area contributed by atoms with E-state index in [0.29, 0.717) is 5.92 Å². The number of aryl methyl sites for hydroxylation is 1. The molecule has 1 aliphatic rings. The van der Waals surface area contributed by atoms with Crippen LogP contribution in [0.25, 0.3) is 10.8 Å². The monoisotopic (exact) mass is 376 g/mol. The Morgan fingerprint density at radius 3 is 2.93 bits per heavy atom. The van der Waals surface area contributed by atoms with Gasteiger partial charge >= 0.3 is 0 Å². The smallest absolute Gasteiger partial charge is 0.251 e. The third kappa shape index (κ3) is 4.60. The highest BCUT2D eigenvalue weighted by molar-refractivity contribution is 6.06. The summed E-state index contributed by atoms with van der Waals surface area (Å²) in [6, 6.07) is 14.0. The first-order chi connectivity index (χ1) is 13.8. The minimum absolute atomic E-state index is 0.0361. The van der Waals surface area contributed by atoms with Crippen molar-refractivity contribution in [2.75, 3.05) is 26.2 Å². The fraction of sp³-hybridized carbons (Fsp3) is 0.391. The molecule has 0 aliphatic carbocycles. The number of fused-ring (bicyclic) bond motifs is 1. The number of aromatic nitrogens is 2. The average Bonchev–Trinajstić information content (AvgIpc) is 3.25. The zero-order chi connectivity index (χ0) is 19.2. The van der Waals surface area contributed by atoms with Crippen LogP contribution in [0.2, 0.25) is 0 Å². The molecule has 1 N–H and O–H groups in total. The van der Waals surface area contributed by atoms with Crippen LogP contribution in [0.3, 0.4) is 0 Å². The van der Waals surface area contributed by atoms with Gasteiger partial charge in [0.05, 0.1) is 6.33 Å². The Morgan fingerprint density at radius 1 is 1.14 bits per heavy atom. The summed E-state index contributed by atoms with van der Waals surface area (Å²) in [5.74, 6) is 0.565. The molecular weight excluding hydrogens is 348 g/mol.